The van der Waals surface area contributed by atoms with E-state index in [1.165, 1.54) is 0 Å². The lowest BCUT2D eigenvalue weighted by Crippen LogP contribution is -2.46. The number of esters is 2. The van der Waals surface area contributed by atoms with E-state index < -0.39 is 5.60 Å². The molecule has 0 N–H and O–H groups in total. The van der Waals surface area contributed by atoms with Crippen LogP contribution in [-0.4, -0.2) is 23.6 Å². The molecule has 1 saturated heterocycles. The first-order valence-electron chi connectivity index (χ1n) is 6.03. The van der Waals surface area contributed by atoms with Crippen molar-refractivity contribution >= 4 is 11.9 Å². The van der Waals surface area contributed by atoms with Gasteiger partial charge in [-0.2, -0.15) is 0 Å². The Balaban J connectivity index is 1.86. The van der Waals surface area contributed by atoms with Crippen LogP contribution in [0.15, 0.2) is 12.2 Å². The molecule has 3 aliphatic rings. The zero-order chi connectivity index (χ0) is 12.4. The van der Waals surface area contributed by atoms with Gasteiger partial charge >= 0.3 is 11.9 Å². The third-order valence-electron chi connectivity index (χ3n) is 4.53. The van der Waals surface area contributed by atoms with Crippen molar-refractivity contribution in [1.82, 2.24) is 0 Å². The zero-order valence-electron chi connectivity index (χ0n) is 10.1. The van der Waals surface area contributed by atoms with E-state index >= 15 is 0 Å². The van der Waals surface area contributed by atoms with Crippen LogP contribution in [0.3, 0.4) is 0 Å². The molecule has 0 radical (unpaired) electrons. The van der Waals surface area contributed by atoms with E-state index in [1.54, 1.807) is 6.92 Å². The Bertz CT molecular complexity index is 427. The molecule has 92 valence electrons. The monoisotopic (exact) mass is 236 g/mol. The number of carbonyl (C=O) groups excluding carboxylic acids is 2. The molecule has 2 aliphatic carbocycles. The van der Waals surface area contributed by atoms with E-state index in [1.807, 2.05) is 6.92 Å². The quantitative estimate of drug-likeness (QED) is 0.538. The Hall–Kier alpha value is -1.32. The summed E-state index contributed by atoms with van der Waals surface area (Å²) in [4.78, 5) is 23.3. The summed E-state index contributed by atoms with van der Waals surface area (Å²) in [7, 11) is 0. The van der Waals surface area contributed by atoms with Crippen molar-refractivity contribution < 1.29 is 19.1 Å². The summed E-state index contributed by atoms with van der Waals surface area (Å²) in [5.41, 5.74) is -0.215. The second-order valence-corrected chi connectivity index (χ2v) is 5.66. The van der Waals surface area contributed by atoms with Crippen LogP contribution in [0.2, 0.25) is 0 Å². The summed E-state index contributed by atoms with van der Waals surface area (Å²) >= 11 is 0. The topological polar surface area (TPSA) is 52.6 Å². The van der Waals surface area contributed by atoms with E-state index in [0.717, 1.165) is 12.8 Å². The molecular weight excluding hydrogens is 220 g/mol. The number of hydrogen-bond donors (Lipinski definition) is 0. The normalized spacial score (nSPS) is 45.9. The lowest BCUT2D eigenvalue weighted by Gasteiger charge is -2.34. The minimum Gasteiger partial charge on any atom is -0.455 e. The first kappa shape index (κ1) is 10.8. The van der Waals surface area contributed by atoms with Crippen molar-refractivity contribution in [3.05, 3.63) is 12.2 Å². The number of hydrogen-bond acceptors (Lipinski definition) is 4. The van der Waals surface area contributed by atoms with Crippen molar-refractivity contribution in [3.63, 3.8) is 0 Å². The van der Waals surface area contributed by atoms with Crippen LogP contribution in [0.1, 0.15) is 26.7 Å². The van der Waals surface area contributed by atoms with Gasteiger partial charge in [-0.25, -0.2) is 4.79 Å². The first-order chi connectivity index (χ1) is 7.93. The molecule has 4 nitrogen and oxygen atoms in total. The zero-order valence-corrected chi connectivity index (χ0v) is 10.1. The van der Waals surface area contributed by atoms with Gasteiger partial charge in [0.15, 0.2) is 0 Å². The van der Waals surface area contributed by atoms with Gasteiger partial charge < -0.3 is 9.47 Å². The van der Waals surface area contributed by atoms with Crippen molar-refractivity contribution in [1.29, 1.82) is 0 Å². The fourth-order valence-corrected chi connectivity index (χ4v) is 3.75. The lowest BCUT2D eigenvalue weighted by molar-refractivity contribution is -0.171. The molecule has 3 rings (SSSR count). The molecule has 5 unspecified atom stereocenters. The van der Waals surface area contributed by atoms with Crippen LogP contribution < -0.4 is 0 Å². The van der Waals surface area contributed by atoms with E-state index in [-0.39, 0.29) is 35.8 Å². The summed E-state index contributed by atoms with van der Waals surface area (Å²) in [6, 6.07) is 0. The Morgan fingerprint density at radius 2 is 2.24 bits per heavy atom. The molecule has 17 heavy (non-hydrogen) atoms. The maximum absolute atomic E-state index is 11.7. The molecule has 1 heterocycles. The maximum Gasteiger partial charge on any atom is 0.333 e. The van der Waals surface area contributed by atoms with E-state index in [0.29, 0.717) is 5.57 Å². The van der Waals surface area contributed by atoms with E-state index in [4.69, 9.17) is 9.47 Å². The molecule has 2 bridgehead atoms. The second kappa shape index (κ2) is 3.12. The fourth-order valence-electron chi connectivity index (χ4n) is 3.75. The van der Waals surface area contributed by atoms with Gasteiger partial charge in [-0.05, 0) is 26.7 Å². The molecule has 2 saturated carbocycles. The molecule has 5 atom stereocenters. The minimum absolute atomic E-state index is 0.0322. The second-order valence-electron chi connectivity index (χ2n) is 5.66. The summed E-state index contributed by atoms with van der Waals surface area (Å²) in [5, 5.41) is 0. The van der Waals surface area contributed by atoms with Crippen LogP contribution in [0.4, 0.5) is 0 Å². The van der Waals surface area contributed by atoms with Crippen molar-refractivity contribution in [3.8, 4) is 0 Å². The molecule has 1 aliphatic heterocycles. The third kappa shape index (κ3) is 1.24. The Kier molecular flexibility index (Phi) is 1.98. The highest BCUT2D eigenvalue weighted by Crippen LogP contribution is 2.61. The highest BCUT2D eigenvalue weighted by atomic mass is 16.6. The fraction of sp³-hybridized carbons (Fsp3) is 0.692. The van der Waals surface area contributed by atoms with Crippen LogP contribution in [0.25, 0.3) is 0 Å². The molecular formula is C13H16O4. The van der Waals surface area contributed by atoms with E-state index in [2.05, 4.69) is 6.58 Å². The van der Waals surface area contributed by atoms with Crippen molar-refractivity contribution in [2.45, 2.75) is 38.4 Å². The summed E-state index contributed by atoms with van der Waals surface area (Å²) < 4.78 is 10.9. The average Bonchev–Trinajstić information content (AvgIpc) is 2.81. The Morgan fingerprint density at radius 3 is 2.88 bits per heavy atom. The number of ether oxygens (including phenoxy) is 2. The smallest absolute Gasteiger partial charge is 0.333 e. The summed E-state index contributed by atoms with van der Waals surface area (Å²) in [6.07, 6.45) is 1.44. The van der Waals surface area contributed by atoms with Gasteiger partial charge in [0.1, 0.15) is 11.7 Å². The highest BCUT2D eigenvalue weighted by molar-refractivity contribution is 5.87. The summed E-state index contributed by atoms with van der Waals surface area (Å²) in [5.74, 6) is 0.0228. The SMILES string of the molecule is C=C(C)C(=O)OC1C2CC3C(=O)OC1(C)C3C2. The Labute approximate surface area is 100.0 Å². The van der Waals surface area contributed by atoms with Crippen molar-refractivity contribution in [2.24, 2.45) is 17.8 Å². The molecule has 0 aromatic heterocycles. The van der Waals surface area contributed by atoms with Crippen LogP contribution in [-0.2, 0) is 19.1 Å². The van der Waals surface area contributed by atoms with Gasteiger partial charge in [-0.1, -0.05) is 6.58 Å². The highest BCUT2D eigenvalue weighted by Gasteiger charge is 2.70. The van der Waals surface area contributed by atoms with Gasteiger partial charge in [-0.3, -0.25) is 4.79 Å². The maximum atomic E-state index is 11.7. The minimum atomic E-state index is -0.601. The molecule has 0 aromatic rings. The predicted octanol–water partition coefficient (Wildman–Crippen LogP) is 1.45. The number of carbonyl (C=O) groups is 2. The van der Waals surface area contributed by atoms with Gasteiger partial charge in [0.05, 0.1) is 5.92 Å². The molecule has 0 amide bonds. The summed E-state index contributed by atoms with van der Waals surface area (Å²) in [6.45, 7) is 7.10. The van der Waals surface area contributed by atoms with Gasteiger partial charge in [-0.15, -0.1) is 0 Å². The molecule has 0 aromatic carbocycles. The predicted molar refractivity (Wildman–Crippen MR) is 58.9 cm³/mol. The largest absolute Gasteiger partial charge is 0.455 e. The first-order valence-corrected chi connectivity index (χ1v) is 6.03. The Morgan fingerprint density at radius 1 is 1.53 bits per heavy atom. The van der Waals surface area contributed by atoms with Crippen LogP contribution in [0, 0.1) is 17.8 Å². The molecule has 4 heteroatoms. The lowest BCUT2D eigenvalue weighted by atomic mass is 9.79. The standard InChI is InChI=1S/C13H16O4/c1-6(2)11(14)16-10-7-4-8-9(5-7)13(10,3)17-12(8)15/h7-10H,1,4-5H2,2-3H3. The number of fused-ring (bicyclic) bond motifs is 1. The van der Waals surface area contributed by atoms with Gasteiger partial charge in [0, 0.05) is 17.4 Å². The molecule has 3 fully saturated rings. The van der Waals surface area contributed by atoms with Crippen molar-refractivity contribution in [2.75, 3.05) is 0 Å². The van der Waals surface area contributed by atoms with Gasteiger partial charge in [0.25, 0.3) is 0 Å². The van der Waals surface area contributed by atoms with Crippen LogP contribution >= 0.6 is 0 Å². The van der Waals surface area contributed by atoms with Gasteiger partial charge in [0.2, 0.25) is 0 Å². The number of rotatable bonds is 2. The third-order valence-corrected chi connectivity index (χ3v) is 4.53. The average molecular weight is 236 g/mol. The van der Waals surface area contributed by atoms with E-state index in [9.17, 15) is 9.59 Å². The van der Waals surface area contributed by atoms with Crippen LogP contribution in [0.5, 0.6) is 0 Å². The molecule has 0 spiro atoms.